The molecule has 2 atom stereocenters. The molecule has 2 unspecified atom stereocenters. The number of hydrogen-bond acceptors (Lipinski definition) is 2. The molecule has 12 heavy (non-hydrogen) atoms. The minimum Gasteiger partial charge on any atom is -0.380 e. The Labute approximate surface area is 75.7 Å². The van der Waals surface area contributed by atoms with E-state index < -0.39 is 0 Å². The molecule has 0 radical (unpaired) electrons. The molecule has 1 rings (SSSR count). The quantitative estimate of drug-likeness (QED) is 0.684. The van der Waals surface area contributed by atoms with E-state index in [4.69, 9.17) is 4.74 Å². The summed E-state index contributed by atoms with van der Waals surface area (Å²) in [5.74, 6) is 0. The van der Waals surface area contributed by atoms with Crippen LogP contribution in [0, 0.1) is 5.41 Å². The van der Waals surface area contributed by atoms with E-state index in [1.54, 1.807) is 0 Å². The van der Waals surface area contributed by atoms with Crippen LogP contribution in [0.5, 0.6) is 0 Å². The topological polar surface area (TPSA) is 21.3 Å². The zero-order chi connectivity index (χ0) is 9.19. The zero-order valence-electron chi connectivity index (χ0n) is 8.68. The first-order chi connectivity index (χ1) is 5.61. The van der Waals surface area contributed by atoms with Crippen molar-refractivity contribution in [1.82, 2.24) is 5.32 Å². The predicted molar refractivity (Wildman–Crippen MR) is 51.3 cm³/mol. The molecule has 0 heterocycles. The van der Waals surface area contributed by atoms with Crippen molar-refractivity contribution in [2.45, 2.75) is 45.3 Å². The second-order valence-electron chi connectivity index (χ2n) is 4.42. The molecule has 1 N–H and O–H groups in total. The van der Waals surface area contributed by atoms with Crippen molar-refractivity contribution in [3.63, 3.8) is 0 Å². The van der Waals surface area contributed by atoms with E-state index in [0.29, 0.717) is 17.6 Å². The number of nitrogens with one attached hydrogen (secondary N) is 1. The molecule has 0 bridgehead atoms. The lowest BCUT2D eigenvalue weighted by molar-refractivity contribution is -0.00854. The van der Waals surface area contributed by atoms with Gasteiger partial charge < -0.3 is 10.1 Å². The lowest BCUT2D eigenvalue weighted by Gasteiger charge is -2.43. The van der Waals surface area contributed by atoms with Crippen LogP contribution in [-0.2, 0) is 4.74 Å². The van der Waals surface area contributed by atoms with Gasteiger partial charge in [-0.2, -0.15) is 0 Å². The lowest BCUT2D eigenvalue weighted by atomic mass is 9.72. The maximum atomic E-state index is 5.47. The maximum absolute atomic E-state index is 5.47. The summed E-state index contributed by atoms with van der Waals surface area (Å²) in [6.07, 6.45) is 4.20. The summed E-state index contributed by atoms with van der Waals surface area (Å²) >= 11 is 0. The van der Waals surface area contributed by atoms with Crippen LogP contribution >= 0.6 is 0 Å². The molecule has 0 aromatic carbocycles. The molecule has 72 valence electrons. The Hall–Kier alpha value is -0.0800. The Morgan fingerprint density at radius 2 is 2.08 bits per heavy atom. The highest BCUT2D eigenvalue weighted by atomic mass is 16.5. The van der Waals surface area contributed by atoms with Gasteiger partial charge in [0.05, 0.1) is 6.10 Å². The van der Waals surface area contributed by atoms with E-state index in [-0.39, 0.29) is 0 Å². The van der Waals surface area contributed by atoms with Gasteiger partial charge in [0.1, 0.15) is 0 Å². The Morgan fingerprint density at radius 3 is 2.50 bits per heavy atom. The van der Waals surface area contributed by atoms with Crippen molar-refractivity contribution in [2.75, 3.05) is 14.2 Å². The molecule has 1 aliphatic carbocycles. The summed E-state index contributed by atoms with van der Waals surface area (Å²) in [7, 11) is 3.85. The van der Waals surface area contributed by atoms with Crippen LogP contribution in [0.25, 0.3) is 0 Å². The van der Waals surface area contributed by atoms with Gasteiger partial charge in [0.15, 0.2) is 0 Å². The molecular weight excluding hydrogens is 150 g/mol. The van der Waals surface area contributed by atoms with E-state index in [9.17, 15) is 0 Å². The first kappa shape index (κ1) is 10.0. The fourth-order valence-electron chi connectivity index (χ4n) is 2.41. The van der Waals surface area contributed by atoms with Gasteiger partial charge in [-0.1, -0.05) is 20.3 Å². The van der Waals surface area contributed by atoms with Crippen LogP contribution in [0.4, 0.5) is 0 Å². The average molecular weight is 171 g/mol. The Kier molecular flexibility index (Phi) is 3.13. The average Bonchev–Trinajstić information content (AvgIpc) is 2.02. The van der Waals surface area contributed by atoms with Gasteiger partial charge in [-0.3, -0.25) is 0 Å². The number of hydrogen-bond donors (Lipinski definition) is 1. The summed E-state index contributed by atoms with van der Waals surface area (Å²) in [4.78, 5) is 0. The predicted octanol–water partition coefficient (Wildman–Crippen LogP) is 1.80. The number of rotatable bonds is 2. The van der Waals surface area contributed by atoms with Gasteiger partial charge in [0.25, 0.3) is 0 Å². The normalized spacial score (nSPS) is 35.0. The van der Waals surface area contributed by atoms with Crippen molar-refractivity contribution in [3.05, 3.63) is 0 Å². The molecule has 2 nitrogen and oxygen atoms in total. The van der Waals surface area contributed by atoms with E-state index in [0.717, 1.165) is 0 Å². The second kappa shape index (κ2) is 3.75. The highest BCUT2D eigenvalue weighted by molar-refractivity contribution is 4.93. The summed E-state index contributed by atoms with van der Waals surface area (Å²) in [5.41, 5.74) is 0.383. The van der Waals surface area contributed by atoms with Gasteiger partial charge in [0, 0.05) is 13.2 Å². The van der Waals surface area contributed by atoms with Crippen molar-refractivity contribution < 1.29 is 4.74 Å². The van der Waals surface area contributed by atoms with Gasteiger partial charge in [0.2, 0.25) is 0 Å². The minimum absolute atomic E-state index is 0.383. The van der Waals surface area contributed by atoms with Crippen LogP contribution in [0.3, 0.4) is 0 Å². The molecule has 0 saturated heterocycles. The summed E-state index contributed by atoms with van der Waals surface area (Å²) in [6, 6.07) is 0.510. The van der Waals surface area contributed by atoms with Crippen LogP contribution in [0.2, 0.25) is 0 Å². The summed E-state index contributed by atoms with van der Waals surface area (Å²) in [6.45, 7) is 4.64. The Morgan fingerprint density at radius 1 is 1.42 bits per heavy atom. The molecule has 0 aromatic heterocycles. The molecule has 0 amide bonds. The fraction of sp³-hybridized carbons (Fsp3) is 1.00. The lowest BCUT2D eigenvalue weighted by Crippen LogP contribution is -2.51. The maximum Gasteiger partial charge on any atom is 0.0729 e. The molecular formula is C10H21NO. The first-order valence-corrected chi connectivity index (χ1v) is 4.82. The van der Waals surface area contributed by atoms with Crippen molar-refractivity contribution in [1.29, 1.82) is 0 Å². The molecule has 1 aliphatic rings. The molecule has 0 aromatic rings. The van der Waals surface area contributed by atoms with E-state index in [1.807, 2.05) is 14.2 Å². The molecule has 1 fully saturated rings. The highest BCUT2D eigenvalue weighted by Crippen LogP contribution is 2.36. The van der Waals surface area contributed by atoms with E-state index >= 15 is 0 Å². The first-order valence-electron chi connectivity index (χ1n) is 4.82. The Bertz CT molecular complexity index is 145. The monoisotopic (exact) mass is 171 g/mol. The smallest absolute Gasteiger partial charge is 0.0729 e. The third kappa shape index (κ3) is 1.80. The van der Waals surface area contributed by atoms with Gasteiger partial charge in [-0.15, -0.1) is 0 Å². The number of likely N-dealkylation sites (N-methyl/N-ethyl adjacent to an activating group) is 1. The third-order valence-electron chi connectivity index (χ3n) is 3.14. The number of ether oxygens (including phenoxy) is 1. The fourth-order valence-corrected chi connectivity index (χ4v) is 2.41. The largest absolute Gasteiger partial charge is 0.380 e. The zero-order valence-corrected chi connectivity index (χ0v) is 8.68. The molecule has 1 saturated carbocycles. The van der Waals surface area contributed by atoms with Crippen LogP contribution < -0.4 is 5.32 Å². The van der Waals surface area contributed by atoms with E-state index in [2.05, 4.69) is 19.2 Å². The SMILES string of the molecule is CNC1C(OC)CCCC1(C)C. The van der Waals surface area contributed by atoms with Crippen molar-refractivity contribution in [2.24, 2.45) is 5.41 Å². The van der Waals surface area contributed by atoms with Crippen LogP contribution in [0.1, 0.15) is 33.1 Å². The standard InChI is InChI=1S/C10H21NO/c1-10(2)7-5-6-8(12-4)9(10)11-3/h8-9,11H,5-7H2,1-4H3. The second-order valence-corrected chi connectivity index (χ2v) is 4.42. The molecule has 0 spiro atoms. The highest BCUT2D eigenvalue weighted by Gasteiger charge is 2.37. The van der Waals surface area contributed by atoms with Gasteiger partial charge >= 0.3 is 0 Å². The molecule has 0 aliphatic heterocycles. The van der Waals surface area contributed by atoms with Crippen molar-refractivity contribution >= 4 is 0 Å². The van der Waals surface area contributed by atoms with E-state index in [1.165, 1.54) is 19.3 Å². The van der Waals surface area contributed by atoms with Gasteiger partial charge in [-0.25, -0.2) is 0 Å². The summed E-state index contributed by atoms with van der Waals surface area (Å²) < 4.78 is 5.47. The van der Waals surface area contributed by atoms with Gasteiger partial charge in [-0.05, 0) is 25.3 Å². The van der Waals surface area contributed by atoms with Crippen molar-refractivity contribution in [3.8, 4) is 0 Å². The molecule has 2 heteroatoms. The third-order valence-corrected chi connectivity index (χ3v) is 3.14. The summed E-state index contributed by atoms with van der Waals surface area (Å²) in [5, 5.41) is 3.37. The number of methoxy groups -OCH3 is 1. The minimum atomic E-state index is 0.383. The van der Waals surface area contributed by atoms with Crippen LogP contribution in [-0.4, -0.2) is 26.3 Å². The Balaban J connectivity index is 2.66. The van der Waals surface area contributed by atoms with Crippen LogP contribution in [0.15, 0.2) is 0 Å².